The standard InChI is InChI=1S/C22H20O3/c1-17(22(23)24-16-18-8-4-2-5-9-18)25-21-14-12-20(13-15-21)19-10-6-3-7-11-19/h2-15,17H,16H2,1H3/t17-/m1/s1. The minimum atomic E-state index is -0.661. The lowest BCUT2D eigenvalue weighted by atomic mass is 10.1. The molecule has 0 aliphatic heterocycles. The summed E-state index contributed by atoms with van der Waals surface area (Å²) in [6, 6.07) is 27.4. The summed E-state index contributed by atoms with van der Waals surface area (Å²) in [6.07, 6.45) is -0.661. The quantitative estimate of drug-likeness (QED) is 0.605. The van der Waals surface area contributed by atoms with E-state index in [9.17, 15) is 4.79 Å². The van der Waals surface area contributed by atoms with E-state index < -0.39 is 6.10 Å². The maximum absolute atomic E-state index is 12.1. The summed E-state index contributed by atoms with van der Waals surface area (Å²) in [7, 11) is 0. The zero-order valence-electron chi connectivity index (χ0n) is 14.1. The van der Waals surface area contributed by atoms with E-state index in [1.807, 2.05) is 72.8 Å². The highest BCUT2D eigenvalue weighted by molar-refractivity contribution is 5.74. The molecule has 0 amide bonds. The van der Waals surface area contributed by atoms with Crippen LogP contribution in [0.2, 0.25) is 0 Å². The van der Waals surface area contributed by atoms with Gasteiger partial charge in [-0.15, -0.1) is 0 Å². The van der Waals surface area contributed by atoms with Gasteiger partial charge in [0.2, 0.25) is 0 Å². The van der Waals surface area contributed by atoms with Gasteiger partial charge in [-0.3, -0.25) is 0 Å². The third-order valence-corrected chi connectivity index (χ3v) is 3.83. The van der Waals surface area contributed by atoms with Crippen molar-refractivity contribution in [2.24, 2.45) is 0 Å². The Labute approximate surface area is 147 Å². The molecular formula is C22H20O3. The highest BCUT2D eigenvalue weighted by Crippen LogP contribution is 2.22. The molecule has 0 saturated heterocycles. The Morgan fingerprint density at radius 1 is 0.800 bits per heavy atom. The number of rotatable bonds is 6. The molecule has 1 atom stereocenters. The van der Waals surface area contributed by atoms with Gasteiger partial charge in [0.15, 0.2) is 6.10 Å². The summed E-state index contributed by atoms with van der Waals surface area (Å²) in [4.78, 5) is 12.1. The topological polar surface area (TPSA) is 35.5 Å². The largest absolute Gasteiger partial charge is 0.479 e. The molecule has 0 fully saturated rings. The molecule has 0 bridgehead atoms. The Kier molecular flexibility index (Phi) is 5.47. The number of hydrogen-bond donors (Lipinski definition) is 0. The summed E-state index contributed by atoms with van der Waals surface area (Å²) in [5.41, 5.74) is 3.20. The normalized spacial score (nSPS) is 11.6. The molecule has 0 saturated carbocycles. The summed E-state index contributed by atoms with van der Waals surface area (Å²) in [6.45, 7) is 1.94. The number of hydrogen-bond acceptors (Lipinski definition) is 3. The van der Waals surface area contributed by atoms with E-state index in [2.05, 4.69) is 12.1 Å². The van der Waals surface area contributed by atoms with Gasteiger partial charge in [-0.2, -0.15) is 0 Å². The summed E-state index contributed by atoms with van der Waals surface area (Å²) in [5, 5.41) is 0. The Morgan fingerprint density at radius 3 is 2.00 bits per heavy atom. The highest BCUT2D eigenvalue weighted by atomic mass is 16.6. The predicted octanol–water partition coefficient (Wildman–Crippen LogP) is 4.86. The number of carbonyl (C=O) groups is 1. The molecule has 0 aliphatic rings. The van der Waals surface area contributed by atoms with E-state index in [1.54, 1.807) is 6.92 Å². The van der Waals surface area contributed by atoms with Gasteiger partial charge in [0.25, 0.3) is 0 Å². The Morgan fingerprint density at radius 2 is 1.36 bits per heavy atom. The first kappa shape index (κ1) is 16.8. The van der Waals surface area contributed by atoms with Crippen molar-refractivity contribution in [1.82, 2.24) is 0 Å². The van der Waals surface area contributed by atoms with Crippen molar-refractivity contribution in [2.75, 3.05) is 0 Å². The number of benzene rings is 3. The van der Waals surface area contributed by atoms with Gasteiger partial charge in [0.1, 0.15) is 12.4 Å². The van der Waals surface area contributed by atoms with E-state index in [0.29, 0.717) is 5.75 Å². The molecule has 25 heavy (non-hydrogen) atoms. The molecule has 3 rings (SSSR count). The van der Waals surface area contributed by atoms with Crippen LogP contribution in [0.5, 0.6) is 5.75 Å². The highest BCUT2D eigenvalue weighted by Gasteiger charge is 2.16. The molecule has 0 N–H and O–H groups in total. The van der Waals surface area contributed by atoms with Gasteiger partial charge in [-0.05, 0) is 35.7 Å². The van der Waals surface area contributed by atoms with Crippen LogP contribution in [0.25, 0.3) is 11.1 Å². The lowest BCUT2D eigenvalue weighted by molar-refractivity contribution is -0.152. The van der Waals surface area contributed by atoms with Crippen molar-refractivity contribution in [3.8, 4) is 16.9 Å². The van der Waals surface area contributed by atoms with Crippen LogP contribution in [0.4, 0.5) is 0 Å². The minimum absolute atomic E-state index is 0.250. The first-order valence-corrected chi connectivity index (χ1v) is 8.25. The van der Waals surface area contributed by atoms with Crippen LogP contribution in [0.3, 0.4) is 0 Å². The fraction of sp³-hybridized carbons (Fsp3) is 0.136. The molecule has 3 aromatic rings. The third-order valence-electron chi connectivity index (χ3n) is 3.83. The average molecular weight is 332 g/mol. The molecular weight excluding hydrogens is 312 g/mol. The molecule has 3 heteroatoms. The van der Waals surface area contributed by atoms with Crippen molar-refractivity contribution >= 4 is 5.97 Å². The van der Waals surface area contributed by atoms with E-state index >= 15 is 0 Å². The number of carbonyl (C=O) groups excluding carboxylic acids is 1. The Balaban J connectivity index is 1.55. The third kappa shape index (κ3) is 4.70. The van der Waals surface area contributed by atoms with Crippen LogP contribution in [0.15, 0.2) is 84.9 Å². The molecule has 3 aromatic carbocycles. The van der Waals surface area contributed by atoms with Crippen LogP contribution in [0, 0.1) is 0 Å². The van der Waals surface area contributed by atoms with Crippen molar-refractivity contribution < 1.29 is 14.3 Å². The van der Waals surface area contributed by atoms with E-state index in [-0.39, 0.29) is 12.6 Å². The van der Waals surface area contributed by atoms with Gasteiger partial charge in [0, 0.05) is 0 Å². The van der Waals surface area contributed by atoms with Crippen LogP contribution in [0.1, 0.15) is 12.5 Å². The first-order valence-electron chi connectivity index (χ1n) is 8.25. The van der Waals surface area contributed by atoms with Crippen molar-refractivity contribution in [1.29, 1.82) is 0 Å². The van der Waals surface area contributed by atoms with Crippen LogP contribution in [-0.2, 0) is 16.1 Å². The fourth-order valence-corrected chi connectivity index (χ4v) is 2.45. The Hall–Kier alpha value is -3.07. The summed E-state index contributed by atoms with van der Waals surface area (Å²) < 4.78 is 11.0. The minimum Gasteiger partial charge on any atom is -0.479 e. The summed E-state index contributed by atoms with van der Waals surface area (Å²) >= 11 is 0. The molecule has 0 spiro atoms. The zero-order valence-corrected chi connectivity index (χ0v) is 14.1. The molecule has 0 heterocycles. The lowest BCUT2D eigenvalue weighted by Crippen LogP contribution is -2.26. The monoisotopic (exact) mass is 332 g/mol. The molecule has 0 radical (unpaired) electrons. The van der Waals surface area contributed by atoms with Crippen LogP contribution in [-0.4, -0.2) is 12.1 Å². The first-order chi connectivity index (χ1) is 12.2. The SMILES string of the molecule is C[C@@H](Oc1ccc(-c2ccccc2)cc1)C(=O)OCc1ccccc1. The smallest absolute Gasteiger partial charge is 0.347 e. The molecule has 0 unspecified atom stereocenters. The predicted molar refractivity (Wildman–Crippen MR) is 98.2 cm³/mol. The second-order valence-electron chi connectivity index (χ2n) is 5.74. The molecule has 0 aromatic heterocycles. The van der Waals surface area contributed by atoms with Gasteiger partial charge in [-0.1, -0.05) is 72.8 Å². The second-order valence-corrected chi connectivity index (χ2v) is 5.74. The van der Waals surface area contributed by atoms with Crippen molar-refractivity contribution in [3.05, 3.63) is 90.5 Å². The van der Waals surface area contributed by atoms with Crippen LogP contribution >= 0.6 is 0 Å². The molecule has 126 valence electrons. The molecule has 3 nitrogen and oxygen atoms in total. The summed E-state index contributed by atoms with van der Waals surface area (Å²) in [5.74, 6) is 0.264. The van der Waals surface area contributed by atoms with Gasteiger partial charge < -0.3 is 9.47 Å². The lowest BCUT2D eigenvalue weighted by Gasteiger charge is -2.14. The van der Waals surface area contributed by atoms with E-state index in [4.69, 9.17) is 9.47 Å². The van der Waals surface area contributed by atoms with Gasteiger partial charge >= 0.3 is 5.97 Å². The van der Waals surface area contributed by atoms with E-state index in [0.717, 1.165) is 16.7 Å². The van der Waals surface area contributed by atoms with E-state index in [1.165, 1.54) is 0 Å². The zero-order chi connectivity index (χ0) is 17.5. The Bertz CT molecular complexity index is 796. The van der Waals surface area contributed by atoms with Gasteiger partial charge in [0.05, 0.1) is 0 Å². The molecule has 0 aliphatic carbocycles. The maximum Gasteiger partial charge on any atom is 0.347 e. The number of esters is 1. The maximum atomic E-state index is 12.1. The number of ether oxygens (including phenoxy) is 2. The van der Waals surface area contributed by atoms with Crippen molar-refractivity contribution in [3.63, 3.8) is 0 Å². The fourth-order valence-electron chi connectivity index (χ4n) is 2.45. The van der Waals surface area contributed by atoms with Crippen LogP contribution < -0.4 is 4.74 Å². The van der Waals surface area contributed by atoms with Crippen molar-refractivity contribution in [2.45, 2.75) is 19.6 Å². The average Bonchev–Trinajstić information content (AvgIpc) is 2.68. The van der Waals surface area contributed by atoms with Gasteiger partial charge in [-0.25, -0.2) is 4.79 Å². The second kappa shape index (κ2) is 8.15.